The molecule has 4 rings (SSSR count). The largest absolute Gasteiger partial charge is 0.482 e. The van der Waals surface area contributed by atoms with Gasteiger partial charge in [0.15, 0.2) is 6.61 Å². The van der Waals surface area contributed by atoms with E-state index in [2.05, 4.69) is 10.6 Å². The molecular formula is C23H28N4O6S. The van der Waals surface area contributed by atoms with Crippen molar-refractivity contribution in [2.24, 2.45) is 0 Å². The quantitative estimate of drug-likeness (QED) is 0.634. The van der Waals surface area contributed by atoms with Crippen LogP contribution in [0.4, 0.5) is 11.4 Å². The lowest BCUT2D eigenvalue weighted by Gasteiger charge is -2.31. The fraction of sp³-hybridized carbons (Fsp3) is 0.391. The van der Waals surface area contributed by atoms with E-state index in [4.69, 9.17) is 9.47 Å². The molecular weight excluding hydrogens is 460 g/mol. The number of morpholine rings is 1. The van der Waals surface area contributed by atoms with Crippen LogP contribution in [0.5, 0.6) is 5.75 Å². The van der Waals surface area contributed by atoms with Crippen molar-refractivity contribution >= 4 is 33.2 Å². The Kier molecular flexibility index (Phi) is 6.78. The zero-order valence-electron chi connectivity index (χ0n) is 19.3. The molecule has 34 heavy (non-hydrogen) atoms. The maximum Gasteiger partial charge on any atom is 0.262 e. The molecule has 2 amide bonds. The summed E-state index contributed by atoms with van der Waals surface area (Å²) >= 11 is 0. The van der Waals surface area contributed by atoms with E-state index in [-0.39, 0.29) is 23.0 Å². The highest BCUT2D eigenvalue weighted by Crippen LogP contribution is 2.31. The predicted molar refractivity (Wildman–Crippen MR) is 127 cm³/mol. The molecule has 2 aromatic carbocycles. The lowest BCUT2D eigenvalue weighted by atomic mass is 10.0. The minimum atomic E-state index is -3.72. The predicted octanol–water partition coefficient (Wildman–Crippen LogP) is 1.60. The Morgan fingerprint density at radius 2 is 1.88 bits per heavy atom. The molecule has 0 bridgehead atoms. The minimum Gasteiger partial charge on any atom is -0.482 e. The smallest absolute Gasteiger partial charge is 0.262 e. The summed E-state index contributed by atoms with van der Waals surface area (Å²) in [5.74, 6) is -0.0729. The van der Waals surface area contributed by atoms with Crippen LogP contribution in [-0.2, 0) is 19.6 Å². The van der Waals surface area contributed by atoms with Crippen LogP contribution >= 0.6 is 0 Å². The summed E-state index contributed by atoms with van der Waals surface area (Å²) in [6.07, 6.45) is 0. The van der Waals surface area contributed by atoms with Crippen LogP contribution in [0.1, 0.15) is 28.9 Å². The molecule has 2 aliphatic rings. The number of hydrogen-bond donors (Lipinski definition) is 2. The van der Waals surface area contributed by atoms with E-state index in [1.807, 2.05) is 17.9 Å². The molecule has 0 radical (unpaired) electrons. The Balaban J connectivity index is 1.64. The molecule has 1 saturated heterocycles. The number of benzene rings is 2. The summed E-state index contributed by atoms with van der Waals surface area (Å²) in [7, 11) is -0.820. The van der Waals surface area contributed by atoms with E-state index in [9.17, 15) is 18.0 Å². The molecule has 1 unspecified atom stereocenters. The first-order valence-corrected chi connectivity index (χ1v) is 12.4. The molecule has 11 heteroatoms. The van der Waals surface area contributed by atoms with Gasteiger partial charge < -0.3 is 25.0 Å². The first-order valence-electron chi connectivity index (χ1n) is 10.9. The Labute approximate surface area is 198 Å². The molecule has 182 valence electrons. The van der Waals surface area contributed by atoms with Crippen molar-refractivity contribution in [3.05, 3.63) is 47.5 Å². The molecule has 0 spiro atoms. The number of carbonyl (C=O) groups is 2. The van der Waals surface area contributed by atoms with E-state index in [1.165, 1.54) is 26.2 Å². The van der Waals surface area contributed by atoms with Crippen LogP contribution in [0, 0.1) is 0 Å². The standard InChI is InChI=1S/C23H28N4O6S/c1-15(16-4-7-21-19(12-16)25-22(28)14-33-21)24-23(29)18-13-17(34(30,31)26(2)3)5-6-20(18)27-8-10-32-11-9-27/h4-7,12-13,15H,8-11,14H2,1-3H3,(H,24,29)(H,25,28). The van der Waals surface area contributed by atoms with E-state index < -0.39 is 22.0 Å². The van der Waals surface area contributed by atoms with Gasteiger partial charge in [-0.1, -0.05) is 6.07 Å². The number of ether oxygens (including phenoxy) is 2. The molecule has 1 atom stereocenters. The number of carbonyl (C=O) groups excluding carboxylic acids is 2. The van der Waals surface area contributed by atoms with Gasteiger partial charge in [0, 0.05) is 32.9 Å². The van der Waals surface area contributed by atoms with Crippen LogP contribution in [0.15, 0.2) is 41.3 Å². The van der Waals surface area contributed by atoms with Gasteiger partial charge in [-0.15, -0.1) is 0 Å². The van der Waals surface area contributed by atoms with Crippen LogP contribution < -0.4 is 20.3 Å². The van der Waals surface area contributed by atoms with Gasteiger partial charge >= 0.3 is 0 Å². The average molecular weight is 489 g/mol. The Bertz CT molecular complexity index is 1210. The van der Waals surface area contributed by atoms with Gasteiger partial charge in [-0.25, -0.2) is 12.7 Å². The summed E-state index contributed by atoms with van der Waals surface area (Å²) in [4.78, 5) is 27.1. The molecule has 2 N–H and O–H groups in total. The molecule has 0 aliphatic carbocycles. The van der Waals surface area contributed by atoms with Gasteiger partial charge in [0.05, 0.1) is 35.4 Å². The summed E-state index contributed by atoms with van der Waals surface area (Å²) in [5.41, 5.74) is 2.23. The number of anilines is 2. The highest BCUT2D eigenvalue weighted by Gasteiger charge is 2.25. The van der Waals surface area contributed by atoms with Gasteiger partial charge in [0.1, 0.15) is 5.75 Å². The van der Waals surface area contributed by atoms with Crippen molar-refractivity contribution in [1.29, 1.82) is 0 Å². The fourth-order valence-corrected chi connectivity index (χ4v) is 4.80. The third-order valence-corrected chi connectivity index (χ3v) is 7.64. The highest BCUT2D eigenvalue weighted by atomic mass is 32.2. The number of sulfonamides is 1. The SMILES string of the molecule is CC(NC(=O)c1cc(S(=O)(=O)N(C)C)ccc1N1CCOCC1)c1ccc2c(c1)NC(=O)CO2. The van der Waals surface area contributed by atoms with Gasteiger partial charge in [0.2, 0.25) is 10.0 Å². The fourth-order valence-electron chi connectivity index (χ4n) is 3.88. The molecule has 2 heterocycles. The molecule has 0 aromatic heterocycles. The first kappa shape index (κ1) is 24.0. The number of nitrogens with one attached hydrogen (secondary N) is 2. The number of nitrogens with zero attached hydrogens (tertiary/aromatic N) is 2. The second-order valence-electron chi connectivity index (χ2n) is 8.35. The number of hydrogen-bond acceptors (Lipinski definition) is 7. The second-order valence-corrected chi connectivity index (χ2v) is 10.5. The Morgan fingerprint density at radius 3 is 2.59 bits per heavy atom. The van der Waals surface area contributed by atoms with Crippen LogP contribution in [0.25, 0.3) is 0 Å². The van der Waals surface area contributed by atoms with Crippen molar-refractivity contribution in [2.45, 2.75) is 17.9 Å². The zero-order chi connectivity index (χ0) is 24.5. The third-order valence-electron chi connectivity index (χ3n) is 5.83. The molecule has 1 fully saturated rings. The van der Waals surface area contributed by atoms with Crippen LogP contribution in [0.2, 0.25) is 0 Å². The maximum absolute atomic E-state index is 13.4. The Morgan fingerprint density at radius 1 is 1.15 bits per heavy atom. The summed E-state index contributed by atoms with van der Waals surface area (Å²) in [5, 5.41) is 5.72. The lowest BCUT2D eigenvalue weighted by Crippen LogP contribution is -2.38. The van der Waals surface area contributed by atoms with Crippen molar-refractivity contribution in [1.82, 2.24) is 9.62 Å². The van der Waals surface area contributed by atoms with E-state index in [0.717, 1.165) is 9.87 Å². The summed E-state index contributed by atoms with van der Waals surface area (Å²) in [6, 6.07) is 9.52. The van der Waals surface area contributed by atoms with E-state index in [1.54, 1.807) is 18.2 Å². The van der Waals surface area contributed by atoms with Crippen molar-refractivity contribution < 1.29 is 27.5 Å². The van der Waals surface area contributed by atoms with E-state index >= 15 is 0 Å². The van der Waals surface area contributed by atoms with Crippen molar-refractivity contribution in [2.75, 3.05) is 57.2 Å². The van der Waals surface area contributed by atoms with Crippen molar-refractivity contribution in [3.8, 4) is 5.75 Å². The molecule has 0 saturated carbocycles. The summed E-state index contributed by atoms with van der Waals surface area (Å²) in [6.45, 7) is 4.03. The maximum atomic E-state index is 13.4. The second kappa shape index (κ2) is 9.61. The van der Waals surface area contributed by atoms with Gasteiger partial charge in [-0.05, 0) is 42.8 Å². The van der Waals surface area contributed by atoms with Gasteiger partial charge in [-0.2, -0.15) is 0 Å². The number of amides is 2. The number of fused-ring (bicyclic) bond motifs is 1. The van der Waals surface area contributed by atoms with Gasteiger partial charge in [0.25, 0.3) is 11.8 Å². The minimum absolute atomic E-state index is 0.0326. The highest BCUT2D eigenvalue weighted by molar-refractivity contribution is 7.89. The Hall–Kier alpha value is -3.15. The monoisotopic (exact) mass is 488 g/mol. The average Bonchev–Trinajstić information content (AvgIpc) is 2.83. The lowest BCUT2D eigenvalue weighted by molar-refractivity contribution is -0.118. The first-order chi connectivity index (χ1) is 16.2. The summed E-state index contributed by atoms with van der Waals surface area (Å²) < 4.78 is 37.4. The molecule has 10 nitrogen and oxygen atoms in total. The molecule has 2 aliphatic heterocycles. The van der Waals surface area contributed by atoms with E-state index in [0.29, 0.717) is 43.4 Å². The normalized spacial score (nSPS) is 16.9. The van der Waals surface area contributed by atoms with Crippen molar-refractivity contribution in [3.63, 3.8) is 0 Å². The number of rotatable bonds is 6. The molecule has 2 aromatic rings. The zero-order valence-corrected chi connectivity index (χ0v) is 20.1. The third kappa shape index (κ3) is 4.86. The van der Waals surface area contributed by atoms with Gasteiger partial charge in [-0.3, -0.25) is 9.59 Å². The van der Waals surface area contributed by atoms with Crippen LogP contribution in [0.3, 0.4) is 0 Å². The topological polar surface area (TPSA) is 117 Å². The van der Waals surface area contributed by atoms with Crippen LogP contribution in [-0.4, -0.2) is 71.5 Å².